The van der Waals surface area contributed by atoms with E-state index in [9.17, 15) is 19.5 Å². The molecule has 0 fully saturated rings. The lowest BCUT2D eigenvalue weighted by atomic mass is 9.97. The lowest BCUT2D eigenvalue weighted by molar-refractivity contribution is -0.154. The van der Waals surface area contributed by atoms with Crippen LogP contribution in [0.25, 0.3) is 11.1 Å². The van der Waals surface area contributed by atoms with E-state index < -0.39 is 24.0 Å². The van der Waals surface area contributed by atoms with Gasteiger partial charge in [-0.25, -0.2) is 4.79 Å². The van der Waals surface area contributed by atoms with Gasteiger partial charge in [0.25, 0.3) is 5.91 Å². The highest BCUT2D eigenvalue weighted by atomic mass is 16.5. The van der Waals surface area contributed by atoms with Crippen LogP contribution in [0.3, 0.4) is 0 Å². The highest BCUT2D eigenvalue weighted by molar-refractivity contribution is 5.97. The molecule has 1 amide bonds. The van der Waals surface area contributed by atoms with Crippen LogP contribution in [0.15, 0.2) is 60.7 Å². The molecule has 1 aromatic heterocycles. The number of aliphatic hydroxyl groups excluding tert-OH is 1. The summed E-state index contributed by atoms with van der Waals surface area (Å²) in [5.74, 6) is -1.46. The maximum Gasteiger partial charge on any atom is 0.335 e. The molecule has 8 nitrogen and oxygen atoms in total. The number of aromatic nitrogens is 2. The van der Waals surface area contributed by atoms with E-state index in [2.05, 4.69) is 15.5 Å². The smallest absolute Gasteiger partial charge is 0.335 e. The van der Waals surface area contributed by atoms with Crippen molar-refractivity contribution in [3.63, 3.8) is 0 Å². The molecule has 0 saturated heterocycles. The molecule has 2 aromatic carbocycles. The van der Waals surface area contributed by atoms with E-state index in [0.717, 1.165) is 23.1 Å². The molecule has 0 aliphatic carbocycles. The molecule has 1 heterocycles. The third kappa shape index (κ3) is 7.61. The standard InChI is InChI=1S/C27H31N3O5/c1-3-4-14-35-27(34)25(32)16-22(28-26(33)24-17-23(18(2)31)29-30-24)15-19-10-12-21(13-11-19)20-8-6-5-7-9-20/h5-13,17,22,25,32H,3-4,14-16H2,1-2H3,(H,28,33)(H,29,30)/t22-,25-/m1/s1. The van der Waals surface area contributed by atoms with Crippen molar-refractivity contribution in [3.8, 4) is 11.1 Å². The maximum atomic E-state index is 12.8. The van der Waals surface area contributed by atoms with E-state index in [-0.39, 0.29) is 30.2 Å². The number of aliphatic hydroxyl groups is 1. The zero-order chi connectivity index (χ0) is 25.2. The number of carbonyl (C=O) groups is 3. The van der Waals surface area contributed by atoms with Crippen molar-refractivity contribution in [1.82, 2.24) is 15.5 Å². The van der Waals surface area contributed by atoms with Crippen LogP contribution in [0.5, 0.6) is 0 Å². The molecular formula is C27H31N3O5. The Labute approximate surface area is 204 Å². The summed E-state index contributed by atoms with van der Waals surface area (Å²) in [7, 11) is 0. The SMILES string of the molecule is CCCCOC(=O)[C@H](O)C[C@@H](Cc1ccc(-c2ccccc2)cc1)NC(=O)c1cc(C(C)=O)n[nH]1. The number of aromatic amines is 1. The van der Waals surface area contributed by atoms with Crippen molar-refractivity contribution >= 4 is 17.7 Å². The predicted molar refractivity (Wildman–Crippen MR) is 132 cm³/mol. The topological polar surface area (TPSA) is 121 Å². The summed E-state index contributed by atoms with van der Waals surface area (Å²) in [5.41, 5.74) is 3.36. The molecule has 0 unspecified atom stereocenters. The number of nitrogens with one attached hydrogen (secondary N) is 2. The number of benzene rings is 2. The summed E-state index contributed by atoms with van der Waals surface area (Å²) in [6.45, 7) is 3.58. The van der Waals surface area contributed by atoms with Crippen LogP contribution in [0.1, 0.15) is 59.7 Å². The van der Waals surface area contributed by atoms with Gasteiger partial charge in [0.2, 0.25) is 0 Å². The lowest BCUT2D eigenvalue weighted by Gasteiger charge is -2.21. The minimum atomic E-state index is -1.38. The monoisotopic (exact) mass is 477 g/mol. The van der Waals surface area contributed by atoms with Crippen molar-refractivity contribution in [2.45, 2.75) is 51.7 Å². The van der Waals surface area contributed by atoms with Crippen LogP contribution in [-0.2, 0) is 16.0 Å². The number of hydrogen-bond donors (Lipinski definition) is 3. The van der Waals surface area contributed by atoms with E-state index in [4.69, 9.17) is 4.74 Å². The molecule has 3 N–H and O–H groups in total. The maximum absolute atomic E-state index is 12.8. The molecule has 0 spiro atoms. The third-order valence-corrected chi connectivity index (χ3v) is 5.58. The van der Waals surface area contributed by atoms with Gasteiger partial charge in [0, 0.05) is 19.4 Å². The van der Waals surface area contributed by atoms with Gasteiger partial charge in [-0.3, -0.25) is 14.7 Å². The molecule has 3 aromatic rings. The molecule has 2 atom stereocenters. The molecule has 0 aliphatic rings. The van der Waals surface area contributed by atoms with Gasteiger partial charge in [0.1, 0.15) is 11.4 Å². The lowest BCUT2D eigenvalue weighted by Crippen LogP contribution is -2.41. The van der Waals surface area contributed by atoms with Gasteiger partial charge in [-0.2, -0.15) is 5.10 Å². The normalized spacial score (nSPS) is 12.5. The number of hydrogen-bond acceptors (Lipinski definition) is 6. The first kappa shape index (κ1) is 25.8. The minimum Gasteiger partial charge on any atom is -0.464 e. The number of H-pyrrole nitrogens is 1. The van der Waals surface area contributed by atoms with Crippen molar-refractivity contribution < 1.29 is 24.2 Å². The minimum absolute atomic E-state index is 0.0230. The molecule has 3 rings (SSSR count). The van der Waals surface area contributed by atoms with Gasteiger partial charge in [-0.15, -0.1) is 0 Å². The van der Waals surface area contributed by atoms with Crippen LogP contribution in [0.2, 0.25) is 0 Å². The van der Waals surface area contributed by atoms with Gasteiger partial charge in [0.05, 0.1) is 6.61 Å². The second-order valence-electron chi connectivity index (χ2n) is 8.43. The predicted octanol–water partition coefficient (Wildman–Crippen LogP) is 3.71. The summed E-state index contributed by atoms with van der Waals surface area (Å²) >= 11 is 0. The second-order valence-corrected chi connectivity index (χ2v) is 8.43. The summed E-state index contributed by atoms with van der Waals surface area (Å²) in [5, 5.41) is 19.7. The quantitative estimate of drug-likeness (QED) is 0.208. The Morgan fingerprint density at radius 3 is 2.37 bits per heavy atom. The number of esters is 1. The Bertz CT molecular complexity index is 1130. The van der Waals surface area contributed by atoms with Gasteiger partial charge < -0.3 is 15.2 Å². The van der Waals surface area contributed by atoms with Crippen molar-refractivity contribution in [3.05, 3.63) is 77.6 Å². The van der Waals surface area contributed by atoms with Crippen LogP contribution in [-0.4, -0.2) is 51.7 Å². The number of unbranched alkanes of at least 4 members (excludes halogenated alkanes) is 1. The average molecular weight is 478 g/mol. The van der Waals surface area contributed by atoms with Crippen molar-refractivity contribution in [2.24, 2.45) is 0 Å². The molecule has 0 radical (unpaired) electrons. The van der Waals surface area contributed by atoms with E-state index in [1.54, 1.807) is 0 Å². The number of amides is 1. The fourth-order valence-electron chi connectivity index (χ4n) is 3.60. The van der Waals surface area contributed by atoms with Crippen LogP contribution < -0.4 is 5.32 Å². The molecule has 35 heavy (non-hydrogen) atoms. The summed E-state index contributed by atoms with van der Waals surface area (Å²) < 4.78 is 5.12. The number of carbonyl (C=O) groups excluding carboxylic acids is 3. The Morgan fingerprint density at radius 1 is 1.06 bits per heavy atom. The van der Waals surface area contributed by atoms with Gasteiger partial charge in [-0.05, 0) is 35.6 Å². The van der Waals surface area contributed by atoms with E-state index in [0.29, 0.717) is 12.8 Å². The molecule has 184 valence electrons. The first-order valence-electron chi connectivity index (χ1n) is 11.7. The molecule has 0 bridgehead atoms. The Balaban J connectivity index is 1.72. The second kappa shape index (κ2) is 12.6. The highest BCUT2D eigenvalue weighted by Gasteiger charge is 2.25. The average Bonchev–Trinajstić information content (AvgIpc) is 3.36. The summed E-state index contributed by atoms with van der Waals surface area (Å²) in [4.78, 5) is 36.5. The Kier molecular flexibility index (Phi) is 9.31. The molecule has 0 aliphatic heterocycles. The molecule has 0 saturated carbocycles. The van der Waals surface area contributed by atoms with E-state index >= 15 is 0 Å². The number of ether oxygens (including phenoxy) is 1. The van der Waals surface area contributed by atoms with Crippen molar-refractivity contribution in [2.75, 3.05) is 6.61 Å². The Morgan fingerprint density at radius 2 is 1.74 bits per heavy atom. The number of nitrogens with zero attached hydrogens (tertiary/aromatic N) is 1. The van der Waals surface area contributed by atoms with Gasteiger partial charge in [-0.1, -0.05) is 67.9 Å². The molecule has 8 heteroatoms. The van der Waals surface area contributed by atoms with Crippen LogP contribution in [0.4, 0.5) is 0 Å². The number of rotatable bonds is 12. The summed E-state index contributed by atoms with van der Waals surface area (Å²) in [6, 6.07) is 18.7. The first-order chi connectivity index (χ1) is 16.9. The zero-order valence-electron chi connectivity index (χ0n) is 20.0. The number of Topliss-reactive ketones (excluding diaryl/α,β-unsaturated/α-hetero) is 1. The van der Waals surface area contributed by atoms with Gasteiger partial charge in [0.15, 0.2) is 11.9 Å². The van der Waals surface area contributed by atoms with E-state index in [1.807, 2.05) is 61.5 Å². The number of ketones is 1. The van der Waals surface area contributed by atoms with E-state index in [1.165, 1.54) is 13.0 Å². The van der Waals surface area contributed by atoms with Crippen LogP contribution in [0, 0.1) is 0 Å². The largest absolute Gasteiger partial charge is 0.464 e. The first-order valence-corrected chi connectivity index (χ1v) is 11.7. The van der Waals surface area contributed by atoms with Gasteiger partial charge >= 0.3 is 5.97 Å². The zero-order valence-corrected chi connectivity index (χ0v) is 20.0. The fraction of sp³-hybridized carbons (Fsp3) is 0.333. The molecular weight excluding hydrogens is 446 g/mol. The Hall–Kier alpha value is -3.78. The van der Waals surface area contributed by atoms with Crippen LogP contribution >= 0.6 is 0 Å². The fourth-order valence-corrected chi connectivity index (χ4v) is 3.60. The highest BCUT2D eigenvalue weighted by Crippen LogP contribution is 2.20. The summed E-state index contributed by atoms with van der Waals surface area (Å²) in [6.07, 6.45) is 0.562. The van der Waals surface area contributed by atoms with Crippen molar-refractivity contribution in [1.29, 1.82) is 0 Å². The third-order valence-electron chi connectivity index (χ3n) is 5.58.